The lowest BCUT2D eigenvalue weighted by atomic mass is 9.96. The number of rotatable bonds is 5. The van der Waals surface area contributed by atoms with E-state index in [1.165, 1.54) is 6.07 Å². The second-order valence-electron chi connectivity index (χ2n) is 11.3. The van der Waals surface area contributed by atoms with Gasteiger partial charge in [0.05, 0.1) is 5.02 Å². The van der Waals surface area contributed by atoms with Crippen LogP contribution in [0.2, 0.25) is 5.02 Å². The quantitative estimate of drug-likeness (QED) is 0.340. The van der Waals surface area contributed by atoms with E-state index >= 15 is 4.39 Å². The Morgan fingerprint density at radius 2 is 1.85 bits per heavy atom. The molecule has 7 nitrogen and oxygen atoms in total. The van der Waals surface area contributed by atoms with Crippen molar-refractivity contribution >= 4 is 39.1 Å². The Kier molecular flexibility index (Phi) is 6.40. The van der Waals surface area contributed by atoms with Gasteiger partial charge in [0.2, 0.25) is 0 Å². The summed E-state index contributed by atoms with van der Waals surface area (Å²) >= 11 is 6.81. The van der Waals surface area contributed by atoms with E-state index in [4.69, 9.17) is 21.3 Å². The molecule has 2 N–H and O–H groups in total. The van der Waals surface area contributed by atoms with Gasteiger partial charge in [-0.1, -0.05) is 35.9 Å². The molecule has 40 heavy (non-hydrogen) atoms. The van der Waals surface area contributed by atoms with Crippen LogP contribution in [0.15, 0.2) is 42.5 Å². The molecule has 3 aliphatic heterocycles. The molecule has 0 spiro atoms. The van der Waals surface area contributed by atoms with Crippen LogP contribution in [0.25, 0.3) is 32.8 Å². The normalized spacial score (nSPS) is 24.9. The lowest BCUT2D eigenvalue weighted by Crippen LogP contribution is -2.51. The summed E-state index contributed by atoms with van der Waals surface area (Å²) < 4.78 is 36.6. The van der Waals surface area contributed by atoms with Crippen LogP contribution in [0.1, 0.15) is 19.3 Å². The van der Waals surface area contributed by atoms with Gasteiger partial charge >= 0.3 is 6.01 Å². The number of phenols is 1. The molecule has 2 bridgehead atoms. The molecule has 4 aromatic rings. The molecular weight excluding hydrogens is 536 g/mol. The predicted molar refractivity (Wildman–Crippen MR) is 153 cm³/mol. The molecule has 7 rings (SSSR count). The lowest BCUT2D eigenvalue weighted by Gasteiger charge is -2.34. The van der Waals surface area contributed by atoms with Crippen molar-refractivity contribution in [2.24, 2.45) is 0 Å². The van der Waals surface area contributed by atoms with E-state index in [-0.39, 0.29) is 40.5 Å². The zero-order chi connectivity index (χ0) is 27.5. The zero-order valence-corrected chi connectivity index (χ0v) is 22.8. The minimum Gasteiger partial charge on any atom is -0.508 e. The smallest absolute Gasteiger partial charge is 0.319 e. The number of halogens is 3. The number of aromatic nitrogens is 2. The summed E-state index contributed by atoms with van der Waals surface area (Å²) in [6, 6.07) is 12.9. The van der Waals surface area contributed by atoms with Crippen LogP contribution >= 0.6 is 11.6 Å². The van der Waals surface area contributed by atoms with Crippen molar-refractivity contribution < 1.29 is 18.6 Å². The van der Waals surface area contributed by atoms with Gasteiger partial charge in [0, 0.05) is 48.7 Å². The number of ether oxygens (including phenoxy) is 1. The molecule has 3 saturated heterocycles. The fourth-order valence-corrected chi connectivity index (χ4v) is 6.86. The summed E-state index contributed by atoms with van der Waals surface area (Å²) in [6.45, 7) is 2.02. The first-order valence-corrected chi connectivity index (χ1v) is 14.1. The molecule has 208 valence electrons. The monoisotopic (exact) mass is 565 g/mol. The predicted octanol–water partition coefficient (Wildman–Crippen LogP) is 5.31. The maximum absolute atomic E-state index is 16.6. The number of phenolic OH excluding ortho intramolecular Hbond substituents is 1. The summed E-state index contributed by atoms with van der Waals surface area (Å²) in [5.74, 6) is -0.0128. The van der Waals surface area contributed by atoms with E-state index in [2.05, 4.69) is 15.2 Å². The standard InChI is InChI=1S/C30H30ClF2N5O2/c1-37-12-17(32)9-20(37)15-40-30-35-28-24(29(36-30)38-13-18-6-7-19(14-38)34-18)11-25(31)26(27(28)33)23-10-21(39)8-16-4-2-3-5-22(16)23/h2-5,8,10-11,17-20,34,39H,6-7,9,12-15H2,1H3/t17-,18?,19?,20+/m1/s1. The van der Waals surface area contributed by atoms with Crippen molar-refractivity contribution in [3.8, 4) is 22.9 Å². The number of piperazine rings is 1. The SMILES string of the molecule is CN1C[C@H](F)C[C@H]1COc1nc(N2CC3CCC(C2)N3)c2cc(Cl)c(-c3cc(O)cc4ccccc34)c(F)c2n1. The number of hydrogen-bond acceptors (Lipinski definition) is 7. The second-order valence-corrected chi connectivity index (χ2v) is 11.7. The first-order valence-electron chi connectivity index (χ1n) is 13.7. The fraction of sp³-hybridized carbons (Fsp3) is 0.400. The molecule has 1 aromatic heterocycles. The van der Waals surface area contributed by atoms with Gasteiger partial charge in [0.25, 0.3) is 0 Å². The van der Waals surface area contributed by atoms with E-state index in [0.29, 0.717) is 41.8 Å². The van der Waals surface area contributed by atoms with Crippen LogP contribution in [0.3, 0.4) is 0 Å². The molecule has 0 amide bonds. The van der Waals surface area contributed by atoms with Gasteiger partial charge in [-0.25, -0.2) is 8.78 Å². The molecule has 3 aromatic carbocycles. The van der Waals surface area contributed by atoms with Crippen molar-refractivity contribution in [2.75, 3.05) is 38.2 Å². The third kappa shape index (κ3) is 4.50. The second kappa shape index (κ2) is 9.98. The van der Waals surface area contributed by atoms with Crippen LogP contribution in [0.4, 0.5) is 14.6 Å². The number of benzene rings is 3. The van der Waals surface area contributed by atoms with Gasteiger partial charge in [-0.05, 0) is 60.8 Å². The molecule has 4 atom stereocenters. The summed E-state index contributed by atoms with van der Waals surface area (Å²) in [5.41, 5.74) is 0.735. The van der Waals surface area contributed by atoms with E-state index in [1.54, 1.807) is 12.1 Å². The van der Waals surface area contributed by atoms with Crippen LogP contribution in [0, 0.1) is 5.82 Å². The van der Waals surface area contributed by atoms with Gasteiger partial charge in [0.15, 0.2) is 5.82 Å². The van der Waals surface area contributed by atoms with Crippen molar-refractivity contribution in [3.63, 3.8) is 0 Å². The first kappa shape index (κ1) is 25.7. The minimum absolute atomic E-state index is 0.0137. The maximum atomic E-state index is 16.6. The highest BCUT2D eigenvalue weighted by Gasteiger charge is 2.35. The van der Waals surface area contributed by atoms with E-state index in [1.807, 2.05) is 36.2 Å². The first-order chi connectivity index (χ1) is 19.3. The van der Waals surface area contributed by atoms with Gasteiger partial charge < -0.3 is 20.1 Å². The average molecular weight is 566 g/mol. The number of nitrogens with zero attached hydrogens (tertiary/aromatic N) is 4. The molecule has 3 aliphatic rings. The van der Waals surface area contributed by atoms with Crippen molar-refractivity contribution in [1.82, 2.24) is 20.2 Å². The van der Waals surface area contributed by atoms with Crippen LogP contribution in [-0.4, -0.2) is 77.6 Å². The molecule has 0 saturated carbocycles. The summed E-state index contributed by atoms with van der Waals surface area (Å²) in [7, 11) is 1.87. The molecule has 4 heterocycles. The maximum Gasteiger partial charge on any atom is 0.319 e. The highest BCUT2D eigenvalue weighted by Crippen LogP contribution is 2.43. The number of alkyl halides is 1. The average Bonchev–Trinajstić information content (AvgIpc) is 3.45. The van der Waals surface area contributed by atoms with Crippen molar-refractivity contribution in [1.29, 1.82) is 0 Å². The van der Waals surface area contributed by atoms with E-state index < -0.39 is 12.0 Å². The summed E-state index contributed by atoms with van der Waals surface area (Å²) in [4.78, 5) is 13.4. The molecule has 0 aliphatic carbocycles. The summed E-state index contributed by atoms with van der Waals surface area (Å²) in [6.07, 6.45) is 1.63. The summed E-state index contributed by atoms with van der Waals surface area (Å²) in [5, 5.41) is 16.3. The zero-order valence-electron chi connectivity index (χ0n) is 22.1. The van der Waals surface area contributed by atoms with Crippen molar-refractivity contribution in [3.05, 3.63) is 53.3 Å². The number of hydrogen-bond donors (Lipinski definition) is 2. The molecule has 3 fully saturated rings. The van der Waals surface area contributed by atoms with Crippen LogP contribution in [-0.2, 0) is 0 Å². The fourth-order valence-electron chi connectivity index (χ4n) is 6.56. The van der Waals surface area contributed by atoms with Gasteiger partial charge in [-0.3, -0.25) is 4.90 Å². The van der Waals surface area contributed by atoms with E-state index in [9.17, 15) is 9.50 Å². The Bertz CT molecular complexity index is 1610. The van der Waals surface area contributed by atoms with Crippen LogP contribution in [0.5, 0.6) is 11.8 Å². The number of aromatic hydroxyl groups is 1. The number of anilines is 1. The highest BCUT2D eigenvalue weighted by atomic mass is 35.5. The molecule has 10 heteroatoms. The third-order valence-corrected chi connectivity index (χ3v) is 8.81. The van der Waals surface area contributed by atoms with Crippen molar-refractivity contribution in [2.45, 2.75) is 43.6 Å². The molecular formula is C30H30ClF2N5O2. The molecule has 2 unspecified atom stereocenters. The highest BCUT2D eigenvalue weighted by molar-refractivity contribution is 6.35. The number of likely N-dealkylation sites (tertiary alicyclic amines) is 1. The Balaban J connectivity index is 1.37. The number of likely N-dealkylation sites (N-methyl/N-ethyl adjacent to an activating group) is 1. The van der Waals surface area contributed by atoms with Crippen LogP contribution < -0.4 is 15.0 Å². The number of nitrogens with one attached hydrogen (secondary N) is 1. The van der Waals surface area contributed by atoms with Gasteiger partial charge in [-0.2, -0.15) is 9.97 Å². The topological polar surface area (TPSA) is 73.8 Å². The largest absolute Gasteiger partial charge is 0.508 e. The number of fused-ring (bicyclic) bond motifs is 4. The van der Waals surface area contributed by atoms with Gasteiger partial charge in [0.1, 0.15) is 29.9 Å². The van der Waals surface area contributed by atoms with E-state index in [0.717, 1.165) is 36.7 Å². The Labute approximate surface area is 235 Å². The lowest BCUT2D eigenvalue weighted by molar-refractivity contribution is 0.188. The third-order valence-electron chi connectivity index (χ3n) is 8.52. The molecule has 0 radical (unpaired) electrons. The van der Waals surface area contributed by atoms with Gasteiger partial charge in [-0.15, -0.1) is 0 Å². The Hall–Kier alpha value is -3.27. The Morgan fingerprint density at radius 1 is 1.07 bits per heavy atom. The minimum atomic E-state index is -0.901. The Morgan fingerprint density at radius 3 is 2.60 bits per heavy atom.